The van der Waals surface area contributed by atoms with Crippen LogP contribution in [0.5, 0.6) is 0 Å². The van der Waals surface area contributed by atoms with Crippen LogP contribution in [0.15, 0.2) is 18.2 Å². The Morgan fingerprint density at radius 3 is 2.18 bits per heavy atom. The largest absolute Gasteiger partial charge is 0.391 e. The van der Waals surface area contributed by atoms with E-state index in [0.29, 0.717) is 16.0 Å². The third kappa shape index (κ3) is 3.14. The van der Waals surface area contributed by atoms with Crippen molar-refractivity contribution in [1.82, 2.24) is 0 Å². The Morgan fingerprint density at radius 1 is 1.12 bits per heavy atom. The molecule has 0 aromatic heterocycles. The fourth-order valence-corrected chi connectivity index (χ4v) is 3.10. The smallest absolute Gasteiger partial charge is 0.0760 e. The molecule has 1 aliphatic carbocycles. The van der Waals surface area contributed by atoms with Crippen LogP contribution in [0.2, 0.25) is 10.0 Å². The second kappa shape index (κ2) is 5.57. The molecule has 2 rings (SSSR count). The van der Waals surface area contributed by atoms with Crippen molar-refractivity contribution in [3.63, 3.8) is 0 Å². The molecule has 2 nitrogen and oxygen atoms in total. The van der Waals surface area contributed by atoms with Crippen molar-refractivity contribution in [2.24, 2.45) is 11.7 Å². The van der Waals surface area contributed by atoms with Crippen LogP contribution >= 0.6 is 23.2 Å². The van der Waals surface area contributed by atoms with E-state index in [1.54, 1.807) is 18.2 Å². The van der Waals surface area contributed by atoms with E-state index in [9.17, 15) is 5.11 Å². The standard InChI is InChI=1S/C13H17Cl2NO/c14-10-5-9(6-11(15)7-10)12(16)13(17)8-3-1-2-4-8/h5-8,12-13,17H,1-4,16H2/t12-,13+/m1/s1. The van der Waals surface area contributed by atoms with E-state index in [4.69, 9.17) is 28.9 Å². The lowest BCUT2D eigenvalue weighted by molar-refractivity contribution is 0.0845. The molecule has 1 aliphatic rings. The molecule has 2 atom stereocenters. The summed E-state index contributed by atoms with van der Waals surface area (Å²) in [6.07, 6.45) is 3.98. The summed E-state index contributed by atoms with van der Waals surface area (Å²) in [6.45, 7) is 0. The molecule has 0 bridgehead atoms. The number of aliphatic hydroxyl groups is 1. The average molecular weight is 274 g/mol. The van der Waals surface area contributed by atoms with Crippen molar-refractivity contribution in [3.8, 4) is 0 Å². The zero-order valence-corrected chi connectivity index (χ0v) is 11.1. The molecule has 94 valence electrons. The summed E-state index contributed by atoms with van der Waals surface area (Å²) < 4.78 is 0. The van der Waals surface area contributed by atoms with Gasteiger partial charge in [0.2, 0.25) is 0 Å². The number of nitrogens with two attached hydrogens (primary N) is 1. The first kappa shape index (κ1) is 13.2. The van der Waals surface area contributed by atoms with Gasteiger partial charge < -0.3 is 10.8 Å². The molecule has 1 aromatic rings. The Morgan fingerprint density at radius 2 is 1.65 bits per heavy atom. The molecule has 0 heterocycles. The van der Waals surface area contributed by atoms with Crippen molar-refractivity contribution in [2.45, 2.75) is 37.8 Å². The van der Waals surface area contributed by atoms with Gasteiger partial charge in [0.15, 0.2) is 0 Å². The van der Waals surface area contributed by atoms with Crippen LogP contribution < -0.4 is 5.73 Å². The topological polar surface area (TPSA) is 46.2 Å². The van der Waals surface area contributed by atoms with Crippen molar-refractivity contribution in [2.75, 3.05) is 0 Å². The molecular formula is C13H17Cl2NO. The highest BCUT2D eigenvalue weighted by atomic mass is 35.5. The van der Waals surface area contributed by atoms with E-state index in [0.717, 1.165) is 18.4 Å². The fraction of sp³-hybridized carbons (Fsp3) is 0.538. The maximum Gasteiger partial charge on any atom is 0.0760 e. The minimum absolute atomic E-state index is 0.308. The summed E-state index contributed by atoms with van der Waals surface area (Å²) in [5, 5.41) is 11.4. The normalized spacial score (nSPS) is 20.5. The number of hydrogen-bond donors (Lipinski definition) is 2. The summed E-state index contributed by atoms with van der Waals surface area (Å²) in [7, 11) is 0. The van der Waals surface area contributed by atoms with Gasteiger partial charge in [-0.25, -0.2) is 0 Å². The first-order valence-electron chi connectivity index (χ1n) is 5.97. The van der Waals surface area contributed by atoms with Crippen molar-refractivity contribution < 1.29 is 5.11 Å². The van der Waals surface area contributed by atoms with E-state index >= 15 is 0 Å². The predicted octanol–water partition coefficient (Wildman–Crippen LogP) is 3.54. The zero-order chi connectivity index (χ0) is 12.4. The highest BCUT2D eigenvalue weighted by molar-refractivity contribution is 6.34. The van der Waals surface area contributed by atoms with Crippen LogP contribution in [0.4, 0.5) is 0 Å². The lowest BCUT2D eigenvalue weighted by atomic mass is 9.91. The van der Waals surface area contributed by atoms with E-state index in [1.165, 1.54) is 12.8 Å². The third-order valence-corrected chi connectivity index (χ3v) is 3.96. The molecule has 1 fully saturated rings. The summed E-state index contributed by atoms with van der Waals surface area (Å²) in [5.41, 5.74) is 6.90. The van der Waals surface area contributed by atoms with Gasteiger partial charge in [-0.3, -0.25) is 0 Å². The second-order valence-electron chi connectivity index (χ2n) is 4.76. The molecule has 1 aromatic carbocycles. The van der Waals surface area contributed by atoms with Crippen molar-refractivity contribution in [1.29, 1.82) is 0 Å². The van der Waals surface area contributed by atoms with Crippen LogP contribution in [0, 0.1) is 5.92 Å². The van der Waals surface area contributed by atoms with Crippen LogP contribution in [-0.4, -0.2) is 11.2 Å². The van der Waals surface area contributed by atoms with Crippen LogP contribution in [-0.2, 0) is 0 Å². The molecule has 0 unspecified atom stereocenters. The van der Waals surface area contributed by atoms with Crippen LogP contribution in [0.3, 0.4) is 0 Å². The van der Waals surface area contributed by atoms with Gasteiger partial charge in [-0.1, -0.05) is 36.0 Å². The predicted molar refractivity (Wildman–Crippen MR) is 71.4 cm³/mol. The minimum Gasteiger partial charge on any atom is -0.391 e. The molecule has 1 saturated carbocycles. The molecule has 0 saturated heterocycles. The van der Waals surface area contributed by atoms with Gasteiger partial charge in [-0.2, -0.15) is 0 Å². The van der Waals surface area contributed by atoms with Gasteiger partial charge in [-0.05, 0) is 42.5 Å². The van der Waals surface area contributed by atoms with Crippen LogP contribution in [0.1, 0.15) is 37.3 Å². The minimum atomic E-state index is -0.507. The first-order chi connectivity index (χ1) is 8.08. The van der Waals surface area contributed by atoms with Gasteiger partial charge in [0.25, 0.3) is 0 Å². The quantitative estimate of drug-likeness (QED) is 0.885. The highest BCUT2D eigenvalue weighted by Gasteiger charge is 2.28. The van der Waals surface area contributed by atoms with E-state index < -0.39 is 12.1 Å². The van der Waals surface area contributed by atoms with Gasteiger partial charge in [0.1, 0.15) is 0 Å². The number of benzene rings is 1. The molecule has 17 heavy (non-hydrogen) atoms. The maximum absolute atomic E-state index is 10.2. The highest BCUT2D eigenvalue weighted by Crippen LogP contribution is 2.33. The molecular weight excluding hydrogens is 257 g/mol. The number of aliphatic hydroxyl groups excluding tert-OH is 1. The van der Waals surface area contributed by atoms with Crippen molar-refractivity contribution in [3.05, 3.63) is 33.8 Å². The molecule has 0 radical (unpaired) electrons. The lowest BCUT2D eigenvalue weighted by Crippen LogP contribution is -2.31. The van der Waals surface area contributed by atoms with Gasteiger partial charge in [0, 0.05) is 10.0 Å². The van der Waals surface area contributed by atoms with Gasteiger partial charge in [-0.15, -0.1) is 0 Å². The third-order valence-electron chi connectivity index (χ3n) is 3.52. The summed E-state index contributed by atoms with van der Waals surface area (Å²) in [4.78, 5) is 0. The number of rotatable bonds is 3. The SMILES string of the molecule is N[C@H](c1cc(Cl)cc(Cl)c1)[C@@H](O)C1CCCC1. The lowest BCUT2D eigenvalue weighted by Gasteiger charge is -2.24. The Kier molecular flexibility index (Phi) is 4.31. The maximum atomic E-state index is 10.2. The second-order valence-corrected chi connectivity index (χ2v) is 5.64. The summed E-state index contributed by atoms with van der Waals surface area (Å²) in [6, 6.07) is 4.81. The van der Waals surface area contributed by atoms with E-state index in [-0.39, 0.29) is 0 Å². The molecule has 3 N–H and O–H groups in total. The monoisotopic (exact) mass is 273 g/mol. The Hall–Kier alpha value is -0.280. The zero-order valence-electron chi connectivity index (χ0n) is 9.57. The van der Waals surface area contributed by atoms with E-state index in [1.807, 2.05) is 0 Å². The number of hydrogen-bond acceptors (Lipinski definition) is 2. The van der Waals surface area contributed by atoms with Gasteiger partial charge in [0.05, 0.1) is 12.1 Å². The average Bonchev–Trinajstić information content (AvgIpc) is 2.79. The first-order valence-corrected chi connectivity index (χ1v) is 6.73. The Bertz CT molecular complexity index is 371. The van der Waals surface area contributed by atoms with Crippen molar-refractivity contribution >= 4 is 23.2 Å². The molecule has 0 spiro atoms. The van der Waals surface area contributed by atoms with Crippen LogP contribution in [0.25, 0.3) is 0 Å². The molecule has 0 aliphatic heterocycles. The Labute approximate surface area is 112 Å². The molecule has 4 heteroatoms. The summed E-state index contributed by atoms with van der Waals surface area (Å²) in [5.74, 6) is 0.308. The molecule has 0 amide bonds. The Balaban J connectivity index is 2.14. The number of halogens is 2. The van der Waals surface area contributed by atoms with Gasteiger partial charge >= 0.3 is 0 Å². The summed E-state index contributed by atoms with van der Waals surface area (Å²) >= 11 is 11.9. The van der Waals surface area contributed by atoms with E-state index in [2.05, 4.69) is 0 Å². The fourth-order valence-electron chi connectivity index (χ4n) is 2.56.